The molecule has 0 bridgehead atoms. The maximum atomic E-state index is 11.2. The number of hydrogen-bond acceptors (Lipinski definition) is 4. The van der Waals surface area contributed by atoms with Crippen molar-refractivity contribution in [1.82, 2.24) is 9.78 Å². The van der Waals surface area contributed by atoms with Crippen molar-refractivity contribution in [2.45, 2.75) is 19.9 Å². The number of nitrogens with zero attached hydrogens (tertiary/aromatic N) is 2. The fourth-order valence-electron chi connectivity index (χ4n) is 1.12. The van der Waals surface area contributed by atoms with Gasteiger partial charge in [-0.2, -0.15) is 5.10 Å². The minimum Gasteiger partial charge on any atom is -0.381 e. The number of sulfone groups is 1. The average Bonchev–Trinajstić information content (AvgIpc) is 2.46. The van der Waals surface area contributed by atoms with Crippen LogP contribution >= 0.6 is 11.6 Å². The molecular weight excluding hydrogens is 238 g/mol. The van der Waals surface area contributed by atoms with Gasteiger partial charge < -0.3 is 5.73 Å². The van der Waals surface area contributed by atoms with E-state index in [4.69, 9.17) is 17.3 Å². The van der Waals surface area contributed by atoms with Crippen LogP contribution in [0.3, 0.4) is 0 Å². The maximum absolute atomic E-state index is 11.2. The standard InChI is InChI=1S/C8H14ClN3O2S/c1-2-15(13,14)5-3-4-12-6-7(9)8(10)11-12/h6H,2-5H2,1H3,(H2,10,11). The van der Waals surface area contributed by atoms with Gasteiger partial charge in [0.1, 0.15) is 14.9 Å². The summed E-state index contributed by atoms with van der Waals surface area (Å²) >= 11 is 5.70. The van der Waals surface area contributed by atoms with Gasteiger partial charge in [-0.1, -0.05) is 18.5 Å². The molecule has 5 nitrogen and oxygen atoms in total. The molecule has 2 N–H and O–H groups in total. The number of nitrogens with two attached hydrogens (primary N) is 1. The lowest BCUT2D eigenvalue weighted by atomic mass is 10.5. The van der Waals surface area contributed by atoms with E-state index < -0.39 is 9.84 Å². The van der Waals surface area contributed by atoms with E-state index in [1.807, 2.05) is 0 Å². The van der Waals surface area contributed by atoms with Crippen molar-refractivity contribution in [2.24, 2.45) is 0 Å². The molecule has 1 heterocycles. The fraction of sp³-hybridized carbons (Fsp3) is 0.625. The van der Waals surface area contributed by atoms with Crippen molar-refractivity contribution in [3.05, 3.63) is 11.2 Å². The molecule has 0 fully saturated rings. The highest BCUT2D eigenvalue weighted by Gasteiger charge is 2.08. The van der Waals surface area contributed by atoms with Crippen molar-refractivity contribution >= 4 is 27.3 Å². The normalized spacial score (nSPS) is 11.9. The topological polar surface area (TPSA) is 78.0 Å². The summed E-state index contributed by atoms with van der Waals surface area (Å²) in [6.45, 7) is 2.15. The molecule has 0 aliphatic carbocycles. The van der Waals surface area contributed by atoms with E-state index in [9.17, 15) is 8.42 Å². The summed E-state index contributed by atoms with van der Waals surface area (Å²) < 4.78 is 23.9. The molecule has 0 atom stereocenters. The molecule has 1 aromatic heterocycles. The molecule has 0 radical (unpaired) electrons. The molecule has 0 unspecified atom stereocenters. The molecule has 0 aliphatic rings. The van der Waals surface area contributed by atoms with Crippen LogP contribution in [0.4, 0.5) is 5.82 Å². The van der Waals surface area contributed by atoms with Crippen LogP contribution in [0.15, 0.2) is 6.20 Å². The van der Waals surface area contributed by atoms with E-state index >= 15 is 0 Å². The van der Waals surface area contributed by atoms with Gasteiger partial charge >= 0.3 is 0 Å². The first-order valence-electron chi connectivity index (χ1n) is 4.63. The summed E-state index contributed by atoms with van der Waals surface area (Å²) in [6, 6.07) is 0. The largest absolute Gasteiger partial charge is 0.381 e. The van der Waals surface area contributed by atoms with Crippen LogP contribution in [0, 0.1) is 0 Å². The number of anilines is 1. The van der Waals surface area contributed by atoms with Crippen molar-refractivity contribution < 1.29 is 8.42 Å². The van der Waals surface area contributed by atoms with Gasteiger partial charge in [0, 0.05) is 18.5 Å². The van der Waals surface area contributed by atoms with Crippen LogP contribution in [0.5, 0.6) is 0 Å². The predicted octanol–water partition coefficient (Wildman–Crippen LogP) is 0.944. The van der Waals surface area contributed by atoms with Crippen LogP contribution in [0.2, 0.25) is 5.02 Å². The summed E-state index contributed by atoms with van der Waals surface area (Å²) in [7, 11) is -2.90. The molecule has 0 aliphatic heterocycles. The van der Waals surface area contributed by atoms with E-state index in [-0.39, 0.29) is 17.3 Å². The van der Waals surface area contributed by atoms with E-state index in [0.29, 0.717) is 18.0 Å². The molecule has 0 amide bonds. The van der Waals surface area contributed by atoms with Crippen LogP contribution in [0.1, 0.15) is 13.3 Å². The molecule has 0 saturated carbocycles. The number of rotatable bonds is 5. The van der Waals surface area contributed by atoms with Gasteiger partial charge in [-0.05, 0) is 6.42 Å². The Morgan fingerprint density at radius 3 is 2.73 bits per heavy atom. The third kappa shape index (κ3) is 3.71. The van der Waals surface area contributed by atoms with Crippen molar-refractivity contribution in [1.29, 1.82) is 0 Å². The van der Waals surface area contributed by atoms with Crippen molar-refractivity contribution in [2.75, 3.05) is 17.2 Å². The van der Waals surface area contributed by atoms with Crippen LogP contribution < -0.4 is 5.73 Å². The first kappa shape index (κ1) is 12.3. The summed E-state index contributed by atoms with van der Waals surface area (Å²) in [5, 5.41) is 4.32. The van der Waals surface area contributed by atoms with E-state index in [0.717, 1.165) is 0 Å². The van der Waals surface area contributed by atoms with Gasteiger partial charge in [0.2, 0.25) is 0 Å². The maximum Gasteiger partial charge on any atom is 0.164 e. The zero-order chi connectivity index (χ0) is 11.5. The zero-order valence-electron chi connectivity index (χ0n) is 8.48. The fourth-order valence-corrected chi connectivity index (χ4v) is 2.13. The third-order valence-corrected chi connectivity index (χ3v) is 4.11. The lowest BCUT2D eigenvalue weighted by molar-refractivity contribution is 0.574. The Morgan fingerprint density at radius 1 is 1.60 bits per heavy atom. The molecule has 1 rings (SSSR count). The van der Waals surface area contributed by atoms with Crippen LogP contribution in [-0.2, 0) is 16.4 Å². The second-order valence-corrected chi connectivity index (χ2v) is 6.10. The lowest BCUT2D eigenvalue weighted by Crippen LogP contribution is -2.11. The highest BCUT2D eigenvalue weighted by Crippen LogP contribution is 2.15. The number of nitrogen functional groups attached to an aromatic ring is 1. The molecule has 0 spiro atoms. The summed E-state index contributed by atoms with van der Waals surface area (Å²) in [4.78, 5) is 0. The second-order valence-electron chi connectivity index (χ2n) is 3.22. The zero-order valence-corrected chi connectivity index (χ0v) is 10.1. The molecule has 15 heavy (non-hydrogen) atoms. The molecule has 86 valence electrons. The summed E-state index contributed by atoms with van der Waals surface area (Å²) in [5.74, 6) is 0.616. The highest BCUT2D eigenvalue weighted by molar-refractivity contribution is 7.91. The molecule has 0 saturated heterocycles. The van der Waals surface area contributed by atoms with Gasteiger partial charge in [-0.15, -0.1) is 0 Å². The molecular formula is C8H14ClN3O2S. The minimum atomic E-state index is -2.90. The van der Waals surface area contributed by atoms with Gasteiger partial charge in [0.25, 0.3) is 0 Å². The Morgan fingerprint density at radius 2 is 2.27 bits per heavy atom. The molecule has 0 aromatic carbocycles. The Hall–Kier alpha value is -0.750. The SMILES string of the molecule is CCS(=O)(=O)CCCn1cc(Cl)c(N)n1. The van der Waals surface area contributed by atoms with Crippen LogP contribution in [0.25, 0.3) is 0 Å². The Kier molecular flexibility index (Phi) is 3.98. The number of aromatic nitrogens is 2. The lowest BCUT2D eigenvalue weighted by Gasteiger charge is -2.01. The van der Waals surface area contributed by atoms with E-state index in [1.54, 1.807) is 17.8 Å². The van der Waals surface area contributed by atoms with Gasteiger partial charge in [0.15, 0.2) is 5.82 Å². The van der Waals surface area contributed by atoms with Gasteiger partial charge in [0.05, 0.1) is 5.75 Å². The smallest absolute Gasteiger partial charge is 0.164 e. The van der Waals surface area contributed by atoms with E-state index in [2.05, 4.69) is 5.10 Å². The summed E-state index contributed by atoms with van der Waals surface area (Å²) in [6.07, 6.45) is 2.11. The van der Waals surface area contributed by atoms with Crippen molar-refractivity contribution in [3.8, 4) is 0 Å². The highest BCUT2D eigenvalue weighted by atomic mass is 35.5. The van der Waals surface area contributed by atoms with Crippen molar-refractivity contribution in [3.63, 3.8) is 0 Å². The predicted molar refractivity (Wildman–Crippen MR) is 60.6 cm³/mol. The third-order valence-electron chi connectivity index (χ3n) is 2.03. The number of aryl methyl sites for hydroxylation is 1. The Bertz CT molecular complexity index is 408. The van der Waals surface area contributed by atoms with Crippen LogP contribution in [-0.4, -0.2) is 29.7 Å². The first-order valence-corrected chi connectivity index (χ1v) is 6.83. The van der Waals surface area contributed by atoms with Gasteiger partial charge in [-0.25, -0.2) is 8.42 Å². The van der Waals surface area contributed by atoms with E-state index in [1.165, 1.54) is 0 Å². The monoisotopic (exact) mass is 251 g/mol. The van der Waals surface area contributed by atoms with Gasteiger partial charge in [-0.3, -0.25) is 4.68 Å². The average molecular weight is 252 g/mol. The second kappa shape index (κ2) is 4.85. The molecule has 1 aromatic rings. The number of halogens is 1. The Labute approximate surface area is 94.1 Å². The minimum absolute atomic E-state index is 0.168. The molecule has 7 heteroatoms. The number of hydrogen-bond donors (Lipinski definition) is 1. The quantitative estimate of drug-likeness (QED) is 0.845. The summed E-state index contributed by atoms with van der Waals surface area (Å²) in [5.41, 5.74) is 5.44. The Balaban J connectivity index is 2.45. The first-order chi connectivity index (χ1) is 6.94.